The Bertz CT molecular complexity index is 2660. The summed E-state index contributed by atoms with van der Waals surface area (Å²) in [6.45, 7) is 11.2. The number of ether oxygens (including phenoxy) is 5. The van der Waals surface area contributed by atoms with Crippen molar-refractivity contribution in [3.8, 4) is 23.0 Å². The molecule has 12 nitrogen and oxygen atoms in total. The van der Waals surface area contributed by atoms with Crippen molar-refractivity contribution in [1.29, 1.82) is 0 Å². The third-order valence-electron chi connectivity index (χ3n) is 11.4. The summed E-state index contributed by atoms with van der Waals surface area (Å²) in [5, 5.41) is 9.13. The molecule has 0 aliphatic rings. The second-order valence-electron chi connectivity index (χ2n) is 16.8. The van der Waals surface area contributed by atoms with Gasteiger partial charge in [0.2, 0.25) is 5.13 Å². The molecule has 0 atom stereocenters. The van der Waals surface area contributed by atoms with Crippen LogP contribution in [0.5, 0.6) is 23.0 Å². The molecule has 5 aromatic carbocycles. The van der Waals surface area contributed by atoms with Crippen LogP contribution in [0.4, 0.5) is 5.13 Å². The summed E-state index contributed by atoms with van der Waals surface area (Å²) in [5.74, 6) is 0.571. The zero-order valence-corrected chi connectivity index (χ0v) is 40.9. The minimum absolute atomic E-state index is 0.0896. The number of esters is 3. The van der Waals surface area contributed by atoms with Crippen molar-refractivity contribution < 1.29 is 42.9 Å². The highest BCUT2D eigenvalue weighted by atomic mass is 32.1. The first kappa shape index (κ1) is 52.3. The number of hydrogen-bond donors (Lipinski definition) is 0. The fourth-order valence-electron chi connectivity index (χ4n) is 7.42. The third kappa shape index (κ3) is 16.8. The first-order valence-electron chi connectivity index (χ1n) is 24.3. The number of hydrogen-bond acceptors (Lipinski definition) is 13. The number of carbonyl (C=O) groups is 4. The van der Waals surface area contributed by atoms with Crippen molar-refractivity contribution in [3.05, 3.63) is 145 Å². The molecule has 0 saturated heterocycles. The topological polar surface area (TPSA) is 143 Å². The minimum atomic E-state index is -0.549. The van der Waals surface area contributed by atoms with Crippen LogP contribution in [0.15, 0.2) is 134 Å². The third-order valence-corrected chi connectivity index (χ3v) is 12.4. The smallest absolute Gasteiger partial charge is 0.343 e. The van der Waals surface area contributed by atoms with Crippen molar-refractivity contribution in [1.82, 2.24) is 4.98 Å². The van der Waals surface area contributed by atoms with Crippen molar-refractivity contribution in [2.24, 2.45) is 5.10 Å². The van der Waals surface area contributed by atoms with Crippen LogP contribution in [-0.2, 0) is 14.3 Å². The Balaban J connectivity index is 1.14. The molecule has 0 radical (unpaired) electrons. The number of benzene rings is 5. The molecule has 6 aromatic rings. The Kier molecular flexibility index (Phi) is 21.2. The van der Waals surface area contributed by atoms with Crippen LogP contribution in [0.3, 0.4) is 0 Å². The molecule has 0 amide bonds. The van der Waals surface area contributed by atoms with Gasteiger partial charge in [0.1, 0.15) is 23.0 Å². The number of hydrazone groups is 1. The maximum atomic E-state index is 13.7. The van der Waals surface area contributed by atoms with Crippen LogP contribution in [0.1, 0.15) is 123 Å². The van der Waals surface area contributed by atoms with E-state index in [0.717, 1.165) is 116 Å². The van der Waals surface area contributed by atoms with E-state index < -0.39 is 17.9 Å². The van der Waals surface area contributed by atoms with E-state index in [-0.39, 0.29) is 5.78 Å². The second kappa shape index (κ2) is 28.4. The number of unbranched alkanes of at least 4 members (excludes halogenated alkanes) is 10. The minimum Gasteiger partial charge on any atom is -0.494 e. The van der Waals surface area contributed by atoms with Crippen LogP contribution in [-0.4, -0.2) is 61.3 Å². The van der Waals surface area contributed by atoms with E-state index in [1.807, 2.05) is 41.4 Å². The lowest BCUT2D eigenvalue weighted by atomic mass is 10.1. The number of fused-ring (bicyclic) bond motifs is 2. The SMILES string of the molecule is C=CC(=O)CCCCCCCOc1ccc(C(=O)Oc2ccc3cc(OC(=O)c4ccc(OCCCCCCOC(=O)C=C)cc4)c(/C=N/N(CCCCCC)c4nc5ccccc5s4)cc3c2)cc1. The second-order valence-corrected chi connectivity index (χ2v) is 17.8. The lowest BCUT2D eigenvalue weighted by Crippen LogP contribution is -2.18. The first-order valence-corrected chi connectivity index (χ1v) is 25.1. The number of ketones is 1. The molecule has 0 aliphatic carbocycles. The molecule has 13 heteroatoms. The van der Waals surface area contributed by atoms with E-state index in [2.05, 4.69) is 20.1 Å². The molecular formula is C57H63N3O9S. The lowest BCUT2D eigenvalue weighted by Gasteiger charge is -2.16. The van der Waals surface area contributed by atoms with E-state index in [9.17, 15) is 19.2 Å². The maximum Gasteiger partial charge on any atom is 0.343 e. The number of para-hydroxylation sites is 1. The van der Waals surface area contributed by atoms with Crippen LogP contribution >= 0.6 is 11.3 Å². The van der Waals surface area contributed by atoms with Gasteiger partial charge in [-0.15, -0.1) is 0 Å². The average Bonchev–Trinajstić information content (AvgIpc) is 3.82. The Morgan fingerprint density at radius 1 is 0.629 bits per heavy atom. The van der Waals surface area contributed by atoms with Crippen molar-refractivity contribution in [2.75, 3.05) is 31.4 Å². The fourth-order valence-corrected chi connectivity index (χ4v) is 8.37. The highest BCUT2D eigenvalue weighted by molar-refractivity contribution is 7.22. The summed E-state index contributed by atoms with van der Waals surface area (Å²) in [6.07, 6.45) is 17.2. The monoisotopic (exact) mass is 965 g/mol. The maximum absolute atomic E-state index is 13.7. The Morgan fingerprint density at radius 2 is 1.24 bits per heavy atom. The summed E-state index contributed by atoms with van der Waals surface area (Å²) in [6, 6.07) is 30.7. The molecular weight excluding hydrogens is 903 g/mol. The number of carbonyl (C=O) groups excluding carboxylic acids is 4. The van der Waals surface area contributed by atoms with Gasteiger partial charge in [-0.2, -0.15) is 5.10 Å². The number of aromatic nitrogens is 1. The molecule has 0 saturated carbocycles. The fraction of sp³-hybridized carbons (Fsp3) is 0.333. The van der Waals surface area contributed by atoms with Crippen molar-refractivity contribution in [2.45, 2.75) is 96.8 Å². The van der Waals surface area contributed by atoms with Crippen LogP contribution in [0, 0.1) is 0 Å². The van der Waals surface area contributed by atoms with Gasteiger partial charge in [0, 0.05) is 24.6 Å². The van der Waals surface area contributed by atoms with Gasteiger partial charge < -0.3 is 23.7 Å². The molecule has 0 spiro atoms. The number of allylic oxidation sites excluding steroid dienone is 1. The Morgan fingerprint density at radius 3 is 1.90 bits per heavy atom. The van der Waals surface area contributed by atoms with Gasteiger partial charge in [0.25, 0.3) is 0 Å². The summed E-state index contributed by atoms with van der Waals surface area (Å²) in [5.41, 5.74) is 2.16. The van der Waals surface area contributed by atoms with Crippen molar-refractivity contribution >= 4 is 67.4 Å². The van der Waals surface area contributed by atoms with Gasteiger partial charge in [0.05, 0.1) is 47.4 Å². The molecule has 0 aliphatic heterocycles. The molecule has 0 bridgehead atoms. The van der Waals surface area contributed by atoms with E-state index in [0.29, 0.717) is 72.5 Å². The highest BCUT2D eigenvalue weighted by Gasteiger charge is 2.17. The summed E-state index contributed by atoms with van der Waals surface area (Å²) >= 11 is 1.57. The summed E-state index contributed by atoms with van der Waals surface area (Å²) < 4.78 is 29.9. The molecule has 0 N–H and O–H groups in total. The van der Waals surface area contributed by atoms with Gasteiger partial charge in [-0.3, -0.25) is 4.79 Å². The van der Waals surface area contributed by atoms with Gasteiger partial charge in [0.15, 0.2) is 5.78 Å². The summed E-state index contributed by atoms with van der Waals surface area (Å²) in [7, 11) is 0. The summed E-state index contributed by atoms with van der Waals surface area (Å²) in [4.78, 5) is 54.6. The largest absolute Gasteiger partial charge is 0.494 e. The predicted molar refractivity (Wildman–Crippen MR) is 279 cm³/mol. The van der Waals surface area contributed by atoms with E-state index in [1.54, 1.807) is 84.3 Å². The molecule has 366 valence electrons. The van der Waals surface area contributed by atoms with E-state index >= 15 is 0 Å². The Hall–Kier alpha value is -7.12. The number of rotatable bonds is 31. The quantitative estimate of drug-likeness (QED) is 0.0103. The Labute approximate surface area is 415 Å². The molecule has 1 aromatic heterocycles. The first-order chi connectivity index (χ1) is 34.2. The van der Waals surface area contributed by atoms with Gasteiger partial charge in [-0.1, -0.05) is 88.1 Å². The lowest BCUT2D eigenvalue weighted by molar-refractivity contribution is -0.137. The molecule has 70 heavy (non-hydrogen) atoms. The van der Waals surface area contributed by atoms with Gasteiger partial charge in [-0.05, 0) is 147 Å². The molecule has 1 heterocycles. The zero-order chi connectivity index (χ0) is 49.3. The standard InChI is InChI=1S/C57H63N3O9S/c1-4-7-8-17-34-60(57-59-51-22-15-16-23-53(51)70-57)58-41-46-38-45-39-50(68-55(63)42-24-29-48(30-25-42)65-35-18-11-9-10-14-21-47(61)5-2)33-28-44(45)40-52(46)69-56(64)43-26-31-49(32-27-43)66-36-19-12-13-20-37-67-54(62)6-3/h5-6,15-16,22-33,38-41H,2-4,7-14,17-21,34-37H2,1H3/b58-41+. The zero-order valence-electron chi connectivity index (χ0n) is 40.1. The van der Waals surface area contributed by atoms with Gasteiger partial charge >= 0.3 is 17.9 Å². The molecule has 6 rings (SSSR count). The van der Waals surface area contributed by atoms with Crippen LogP contribution in [0.25, 0.3) is 21.0 Å². The number of nitrogens with zero attached hydrogens (tertiary/aromatic N) is 3. The number of thiazole rings is 1. The molecule has 0 fully saturated rings. The van der Waals surface area contributed by atoms with Crippen molar-refractivity contribution in [3.63, 3.8) is 0 Å². The van der Waals surface area contributed by atoms with E-state index in [1.165, 1.54) is 6.08 Å². The molecule has 0 unspecified atom stereocenters. The van der Waals surface area contributed by atoms with Crippen LogP contribution in [0.2, 0.25) is 0 Å². The van der Waals surface area contributed by atoms with Gasteiger partial charge in [-0.25, -0.2) is 24.4 Å². The van der Waals surface area contributed by atoms with E-state index in [4.69, 9.17) is 33.8 Å². The normalized spacial score (nSPS) is 11.1. The highest BCUT2D eigenvalue weighted by Crippen LogP contribution is 2.32. The average molecular weight is 966 g/mol. The van der Waals surface area contributed by atoms with Crippen LogP contribution < -0.4 is 24.0 Å². The number of anilines is 1. The predicted octanol–water partition coefficient (Wildman–Crippen LogP) is 13.5.